The Morgan fingerprint density at radius 3 is 2.68 bits per heavy atom. The Hall–Kier alpha value is -3.15. The minimum Gasteiger partial charge on any atom is -0.377 e. The van der Waals surface area contributed by atoms with Gasteiger partial charge >= 0.3 is 0 Å². The molecule has 0 aliphatic carbocycles. The van der Waals surface area contributed by atoms with Crippen molar-refractivity contribution in [3.05, 3.63) is 69.8 Å². The van der Waals surface area contributed by atoms with Crippen LogP contribution in [0, 0.1) is 13.8 Å². The number of aromatic nitrogens is 4. The van der Waals surface area contributed by atoms with Crippen LogP contribution >= 0.6 is 0 Å². The summed E-state index contributed by atoms with van der Waals surface area (Å²) in [6.45, 7) is 4.71. The molecule has 6 nitrogen and oxygen atoms in total. The predicted molar refractivity (Wildman–Crippen MR) is 99.0 cm³/mol. The summed E-state index contributed by atoms with van der Waals surface area (Å²) in [5, 5.41) is 12.6. The van der Waals surface area contributed by atoms with E-state index in [1.165, 1.54) is 15.7 Å². The van der Waals surface area contributed by atoms with E-state index in [1.54, 1.807) is 7.05 Å². The molecule has 0 amide bonds. The largest absolute Gasteiger partial charge is 0.377 e. The summed E-state index contributed by atoms with van der Waals surface area (Å²) in [5.74, 6) is 1.31. The fourth-order valence-electron chi connectivity index (χ4n) is 3.12. The van der Waals surface area contributed by atoms with Gasteiger partial charge in [0.15, 0.2) is 5.82 Å². The van der Waals surface area contributed by atoms with Gasteiger partial charge in [-0.2, -0.15) is 0 Å². The first-order valence-electron chi connectivity index (χ1n) is 8.20. The summed E-state index contributed by atoms with van der Waals surface area (Å²) in [6, 6.07) is 13.7. The first-order chi connectivity index (χ1) is 12.1. The van der Waals surface area contributed by atoms with E-state index in [2.05, 4.69) is 41.5 Å². The lowest BCUT2D eigenvalue weighted by molar-refractivity contribution is 0.855. The fourth-order valence-corrected chi connectivity index (χ4v) is 3.12. The number of fused-ring (bicyclic) bond motifs is 3. The predicted octanol–water partition coefficient (Wildman–Crippen LogP) is 2.81. The Balaban J connectivity index is 1.83. The lowest BCUT2D eigenvalue weighted by atomic mass is 10.1. The third-order valence-electron chi connectivity index (χ3n) is 4.73. The molecule has 0 fully saturated rings. The van der Waals surface area contributed by atoms with Crippen molar-refractivity contribution in [1.82, 2.24) is 19.2 Å². The molecule has 1 N–H and O–H groups in total. The van der Waals surface area contributed by atoms with Crippen molar-refractivity contribution in [2.24, 2.45) is 7.05 Å². The van der Waals surface area contributed by atoms with Gasteiger partial charge in [0.2, 0.25) is 5.78 Å². The van der Waals surface area contributed by atoms with Crippen LogP contribution in [-0.4, -0.2) is 19.2 Å². The van der Waals surface area contributed by atoms with E-state index < -0.39 is 0 Å². The Morgan fingerprint density at radius 1 is 1.04 bits per heavy atom. The Labute approximate surface area is 144 Å². The van der Waals surface area contributed by atoms with E-state index in [1.807, 2.05) is 34.7 Å². The third kappa shape index (κ3) is 2.38. The molecule has 0 aliphatic heterocycles. The van der Waals surface area contributed by atoms with E-state index >= 15 is 0 Å². The molecule has 0 radical (unpaired) electrons. The van der Waals surface area contributed by atoms with Crippen molar-refractivity contribution >= 4 is 22.4 Å². The zero-order valence-corrected chi connectivity index (χ0v) is 14.4. The quantitative estimate of drug-likeness (QED) is 0.626. The minimum atomic E-state index is -0.0652. The number of nitrogens with one attached hydrogen (secondary N) is 1. The van der Waals surface area contributed by atoms with Crippen molar-refractivity contribution in [3.8, 4) is 0 Å². The van der Waals surface area contributed by atoms with Crippen molar-refractivity contribution in [2.75, 3.05) is 5.32 Å². The lowest BCUT2D eigenvalue weighted by Gasteiger charge is -2.11. The first kappa shape index (κ1) is 15.4. The number of anilines is 1. The van der Waals surface area contributed by atoms with Gasteiger partial charge in [-0.05, 0) is 43.2 Å². The molecule has 0 unspecified atom stereocenters. The topological polar surface area (TPSA) is 64.2 Å². The smallest absolute Gasteiger partial charge is 0.262 e. The monoisotopic (exact) mass is 333 g/mol. The summed E-state index contributed by atoms with van der Waals surface area (Å²) in [5.41, 5.74) is 4.29. The number of hydrogen-bond acceptors (Lipinski definition) is 4. The average molecular weight is 333 g/mol. The van der Waals surface area contributed by atoms with Crippen LogP contribution in [0.1, 0.15) is 17.0 Å². The van der Waals surface area contributed by atoms with Gasteiger partial charge in [0.1, 0.15) is 0 Å². The van der Waals surface area contributed by atoms with Crippen LogP contribution < -0.4 is 10.9 Å². The lowest BCUT2D eigenvalue weighted by Crippen LogP contribution is -2.20. The van der Waals surface area contributed by atoms with Gasteiger partial charge in [0.25, 0.3) is 5.56 Å². The van der Waals surface area contributed by atoms with Gasteiger partial charge < -0.3 is 5.32 Å². The zero-order valence-electron chi connectivity index (χ0n) is 14.4. The molecule has 0 bridgehead atoms. The number of rotatable bonds is 3. The van der Waals surface area contributed by atoms with Crippen LogP contribution in [0.4, 0.5) is 5.69 Å². The normalized spacial score (nSPS) is 11.3. The van der Waals surface area contributed by atoms with Crippen LogP contribution in [0.5, 0.6) is 0 Å². The van der Waals surface area contributed by atoms with E-state index in [0.29, 0.717) is 17.7 Å². The molecule has 4 aromatic rings. The van der Waals surface area contributed by atoms with Gasteiger partial charge in [0.05, 0.1) is 17.4 Å². The van der Waals surface area contributed by atoms with Crippen LogP contribution in [0.2, 0.25) is 0 Å². The molecule has 6 heteroatoms. The molecule has 2 heterocycles. The molecule has 0 spiro atoms. The molecular weight excluding hydrogens is 314 g/mol. The highest BCUT2D eigenvalue weighted by molar-refractivity contribution is 5.80. The van der Waals surface area contributed by atoms with E-state index in [0.717, 1.165) is 17.0 Å². The maximum atomic E-state index is 12.5. The third-order valence-corrected chi connectivity index (χ3v) is 4.73. The number of nitrogens with zero attached hydrogens (tertiary/aromatic N) is 4. The highest BCUT2D eigenvalue weighted by atomic mass is 16.1. The standard InChI is InChI=1S/C19H19N5O/c1-12-7-6-9-15(13(12)2)20-11-17-21-22-19-23(3)18(25)14-8-4-5-10-16(14)24(17)19/h4-10,20H,11H2,1-3H3. The highest BCUT2D eigenvalue weighted by Crippen LogP contribution is 2.19. The summed E-state index contributed by atoms with van der Waals surface area (Å²) in [4.78, 5) is 12.5. The van der Waals surface area contributed by atoms with Gasteiger partial charge in [-0.1, -0.05) is 24.3 Å². The molecule has 2 aromatic carbocycles. The fraction of sp³-hybridized carbons (Fsp3) is 0.211. The molecule has 0 aliphatic rings. The van der Waals surface area contributed by atoms with Crippen LogP contribution in [-0.2, 0) is 13.6 Å². The summed E-state index contributed by atoms with van der Waals surface area (Å²) < 4.78 is 3.48. The van der Waals surface area contributed by atoms with E-state index in [4.69, 9.17) is 0 Å². The van der Waals surface area contributed by atoms with Crippen LogP contribution in [0.25, 0.3) is 16.7 Å². The van der Waals surface area contributed by atoms with Gasteiger partial charge in [-0.15, -0.1) is 10.2 Å². The average Bonchev–Trinajstić information content (AvgIpc) is 3.05. The second-order valence-corrected chi connectivity index (χ2v) is 6.23. The maximum absolute atomic E-state index is 12.5. The van der Waals surface area contributed by atoms with Crippen LogP contribution in [0.15, 0.2) is 47.3 Å². The number of hydrogen-bond donors (Lipinski definition) is 1. The molecular formula is C19H19N5O. The Morgan fingerprint density at radius 2 is 1.84 bits per heavy atom. The summed E-state index contributed by atoms with van der Waals surface area (Å²) in [6.07, 6.45) is 0. The second-order valence-electron chi connectivity index (χ2n) is 6.23. The van der Waals surface area contributed by atoms with Crippen molar-refractivity contribution in [2.45, 2.75) is 20.4 Å². The van der Waals surface area contributed by atoms with E-state index in [9.17, 15) is 4.79 Å². The summed E-state index contributed by atoms with van der Waals surface area (Å²) >= 11 is 0. The number of benzene rings is 2. The molecule has 2 aromatic heterocycles. The maximum Gasteiger partial charge on any atom is 0.262 e. The molecule has 25 heavy (non-hydrogen) atoms. The molecule has 4 rings (SSSR count). The summed E-state index contributed by atoms with van der Waals surface area (Å²) in [7, 11) is 1.72. The SMILES string of the molecule is Cc1cccc(NCc2nnc3n(C)c(=O)c4ccccc4n23)c1C. The Kier molecular flexibility index (Phi) is 3.53. The van der Waals surface area contributed by atoms with E-state index in [-0.39, 0.29) is 5.56 Å². The van der Waals surface area contributed by atoms with Crippen LogP contribution in [0.3, 0.4) is 0 Å². The van der Waals surface area contributed by atoms with Crippen molar-refractivity contribution in [1.29, 1.82) is 0 Å². The molecule has 0 saturated carbocycles. The van der Waals surface area contributed by atoms with Crippen molar-refractivity contribution in [3.63, 3.8) is 0 Å². The highest BCUT2D eigenvalue weighted by Gasteiger charge is 2.14. The molecule has 126 valence electrons. The van der Waals surface area contributed by atoms with Crippen molar-refractivity contribution < 1.29 is 0 Å². The first-order valence-corrected chi connectivity index (χ1v) is 8.20. The number of para-hydroxylation sites is 1. The van der Waals surface area contributed by atoms with Gasteiger partial charge in [-0.25, -0.2) is 0 Å². The minimum absolute atomic E-state index is 0.0652. The van der Waals surface area contributed by atoms with Gasteiger partial charge in [0, 0.05) is 12.7 Å². The second kappa shape index (κ2) is 5.73. The Bertz CT molecular complexity index is 1160. The number of aryl methyl sites for hydroxylation is 2. The molecule has 0 atom stereocenters. The molecule has 0 saturated heterocycles. The zero-order chi connectivity index (χ0) is 17.6. The van der Waals surface area contributed by atoms with Gasteiger partial charge in [-0.3, -0.25) is 13.8 Å².